The monoisotopic (exact) mass is 667 g/mol. The molecule has 2 rings (SSSR count). The summed E-state index contributed by atoms with van der Waals surface area (Å²) in [6, 6.07) is 0. The standard InChI is InChI=1S/C31H46N3O11P/c1-17-13-21-26(33-11-8-12-46(40,41)42)23(35)16-22(28(21)37)34-30(38)18(2)9-7-10-24(43-5)29(45-31(32)39)20(4)15-19(3)27(36)25(14-17)44-6/h7,9-10,15-17,19,24-25,27,29,33,36H,8,11-14H2,1-6H3,(H2,32,39)(H,34,38)(H2,40,41,42)/b10-7-,18-9+,20-15+/t17-,19+,24+,25+,27-,29+/m1/s1. The molecule has 46 heavy (non-hydrogen) atoms. The fourth-order valence-corrected chi connectivity index (χ4v) is 5.85. The van der Waals surface area contributed by atoms with Crippen LogP contribution >= 0.6 is 7.60 Å². The molecule has 0 unspecified atom stereocenters. The molecular formula is C31H46N3O11P. The highest BCUT2D eigenvalue weighted by Crippen LogP contribution is 2.35. The van der Waals surface area contributed by atoms with E-state index in [9.17, 15) is 38.6 Å². The predicted octanol–water partition coefficient (Wildman–Crippen LogP) is 1.92. The van der Waals surface area contributed by atoms with E-state index in [1.807, 2.05) is 6.92 Å². The van der Waals surface area contributed by atoms with Crippen LogP contribution in [0.3, 0.4) is 0 Å². The second kappa shape index (κ2) is 17.5. The lowest BCUT2D eigenvalue weighted by Gasteiger charge is -2.30. The molecule has 7 N–H and O–H groups in total. The number of carbonyl (C=O) groups excluding carboxylic acids is 4. The molecule has 1 heterocycles. The molecule has 14 nitrogen and oxygen atoms in total. The lowest BCUT2D eigenvalue weighted by Crippen LogP contribution is -2.38. The summed E-state index contributed by atoms with van der Waals surface area (Å²) < 4.78 is 27.8. The molecule has 0 spiro atoms. The van der Waals surface area contributed by atoms with Crippen LogP contribution in [0.25, 0.3) is 0 Å². The van der Waals surface area contributed by atoms with Gasteiger partial charge in [-0.05, 0) is 44.6 Å². The molecule has 0 aromatic carbocycles. The van der Waals surface area contributed by atoms with E-state index < -0.39 is 67.7 Å². The Hall–Kier alpha value is -3.39. The SMILES string of the molecule is CO[C@H]1/C=C\C=C(/C)C(=O)NC2=CC(=O)C(NCCCP(=O)(O)O)=C(C[C@@H](C)C[C@H](OC)[C@H](O)[C@@H](C)/C=C(\C)[C@@H]1OC(N)=O)C2=O. The third-order valence-electron chi connectivity index (χ3n) is 7.72. The zero-order valence-corrected chi connectivity index (χ0v) is 27.9. The molecular weight excluding hydrogens is 621 g/mol. The predicted molar refractivity (Wildman–Crippen MR) is 169 cm³/mol. The zero-order valence-electron chi connectivity index (χ0n) is 27.0. The van der Waals surface area contributed by atoms with Crippen molar-refractivity contribution in [3.63, 3.8) is 0 Å². The minimum atomic E-state index is -4.26. The number of methoxy groups -OCH3 is 2. The summed E-state index contributed by atoms with van der Waals surface area (Å²) in [6.07, 6.45) is 2.68. The molecule has 0 saturated carbocycles. The van der Waals surface area contributed by atoms with Gasteiger partial charge in [0.2, 0.25) is 11.6 Å². The van der Waals surface area contributed by atoms with Gasteiger partial charge in [0, 0.05) is 43.9 Å². The van der Waals surface area contributed by atoms with Gasteiger partial charge in [0.15, 0.2) is 6.10 Å². The van der Waals surface area contributed by atoms with Crippen LogP contribution in [0.5, 0.6) is 0 Å². The molecule has 6 atom stereocenters. The largest absolute Gasteiger partial charge is 0.439 e. The number of Topliss-reactive ketones (excluding diaryl/α,β-unsaturated/α-hetero) is 1. The number of allylic oxidation sites excluding steroid dienone is 4. The Morgan fingerprint density at radius 3 is 2.41 bits per heavy atom. The molecule has 1 aliphatic heterocycles. The highest BCUT2D eigenvalue weighted by atomic mass is 31.2. The summed E-state index contributed by atoms with van der Waals surface area (Å²) in [7, 11) is -1.41. The number of amides is 2. The van der Waals surface area contributed by atoms with Crippen LogP contribution in [-0.4, -0.2) is 89.8 Å². The van der Waals surface area contributed by atoms with E-state index >= 15 is 0 Å². The summed E-state index contributed by atoms with van der Waals surface area (Å²) >= 11 is 0. The van der Waals surface area contributed by atoms with E-state index in [0.29, 0.717) is 5.57 Å². The van der Waals surface area contributed by atoms with Gasteiger partial charge in [-0.15, -0.1) is 0 Å². The molecule has 0 saturated heterocycles. The second-order valence-corrected chi connectivity index (χ2v) is 13.4. The quantitative estimate of drug-likeness (QED) is 0.0945. The van der Waals surface area contributed by atoms with E-state index in [0.717, 1.165) is 6.08 Å². The Morgan fingerprint density at radius 2 is 1.83 bits per heavy atom. The van der Waals surface area contributed by atoms with Gasteiger partial charge in [-0.25, -0.2) is 4.79 Å². The Balaban J connectivity index is 2.58. The van der Waals surface area contributed by atoms with Crippen molar-refractivity contribution in [3.8, 4) is 0 Å². The van der Waals surface area contributed by atoms with E-state index in [1.54, 1.807) is 26.0 Å². The fourth-order valence-electron chi connectivity index (χ4n) is 5.28. The van der Waals surface area contributed by atoms with Crippen molar-refractivity contribution in [2.24, 2.45) is 17.6 Å². The van der Waals surface area contributed by atoms with Gasteiger partial charge in [-0.2, -0.15) is 0 Å². The van der Waals surface area contributed by atoms with Crippen LogP contribution in [0.2, 0.25) is 0 Å². The van der Waals surface area contributed by atoms with E-state index in [4.69, 9.17) is 19.9 Å². The number of nitrogens with two attached hydrogens (primary N) is 1. The van der Waals surface area contributed by atoms with E-state index in [2.05, 4.69) is 10.6 Å². The molecule has 0 aromatic rings. The van der Waals surface area contributed by atoms with Gasteiger partial charge in [-0.1, -0.05) is 38.2 Å². The molecule has 15 heteroatoms. The number of ether oxygens (including phenoxy) is 3. The van der Waals surface area contributed by atoms with Crippen LogP contribution in [0.1, 0.15) is 47.0 Å². The first-order valence-corrected chi connectivity index (χ1v) is 16.7. The van der Waals surface area contributed by atoms with Gasteiger partial charge in [0.25, 0.3) is 5.91 Å². The Kier molecular flexibility index (Phi) is 14.8. The Bertz CT molecular complexity index is 1360. The van der Waals surface area contributed by atoms with Crippen LogP contribution in [0.15, 0.2) is 58.5 Å². The maximum Gasteiger partial charge on any atom is 0.405 e. The summed E-state index contributed by atoms with van der Waals surface area (Å²) in [4.78, 5) is 70.0. The molecule has 2 amide bonds. The third-order valence-corrected chi connectivity index (χ3v) is 8.62. The summed E-state index contributed by atoms with van der Waals surface area (Å²) in [5, 5.41) is 16.6. The normalized spacial score (nSPS) is 30.4. The highest BCUT2D eigenvalue weighted by Gasteiger charge is 2.33. The van der Waals surface area contributed by atoms with Crippen LogP contribution < -0.4 is 16.4 Å². The van der Waals surface area contributed by atoms with E-state index in [1.165, 1.54) is 33.3 Å². The fraction of sp³-hybridized carbons (Fsp3) is 0.548. The molecule has 0 radical (unpaired) electrons. The van der Waals surface area contributed by atoms with Crippen molar-refractivity contribution in [2.75, 3.05) is 26.9 Å². The number of ketones is 2. The van der Waals surface area contributed by atoms with Crippen LogP contribution in [0.4, 0.5) is 4.79 Å². The van der Waals surface area contributed by atoms with Gasteiger partial charge in [0.05, 0.1) is 29.8 Å². The van der Waals surface area contributed by atoms with E-state index in [-0.39, 0.29) is 54.3 Å². The topological polar surface area (TPSA) is 224 Å². The first-order valence-electron chi connectivity index (χ1n) is 14.9. The molecule has 0 fully saturated rings. The molecule has 256 valence electrons. The van der Waals surface area contributed by atoms with Gasteiger partial charge in [-0.3, -0.25) is 18.9 Å². The minimum absolute atomic E-state index is 0.0193. The zero-order chi connectivity index (χ0) is 34.8. The van der Waals surface area contributed by atoms with Crippen LogP contribution in [-0.2, 0) is 33.2 Å². The molecule has 2 aliphatic rings. The van der Waals surface area contributed by atoms with Crippen molar-refractivity contribution in [1.29, 1.82) is 0 Å². The maximum absolute atomic E-state index is 13.7. The van der Waals surface area contributed by atoms with Gasteiger partial charge < -0.3 is 45.5 Å². The summed E-state index contributed by atoms with van der Waals surface area (Å²) in [5.41, 5.74) is 5.91. The minimum Gasteiger partial charge on any atom is -0.439 e. The lowest BCUT2D eigenvalue weighted by molar-refractivity contribution is -0.120. The molecule has 0 aromatic heterocycles. The van der Waals surface area contributed by atoms with Crippen molar-refractivity contribution >= 4 is 31.2 Å². The van der Waals surface area contributed by atoms with Crippen molar-refractivity contribution in [1.82, 2.24) is 10.6 Å². The third kappa shape index (κ3) is 11.4. The Labute approximate surface area is 268 Å². The highest BCUT2D eigenvalue weighted by molar-refractivity contribution is 7.51. The number of primary amides is 1. The smallest absolute Gasteiger partial charge is 0.405 e. The average molecular weight is 668 g/mol. The first kappa shape index (κ1) is 38.8. The number of hydrogen-bond donors (Lipinski definition) is 6. The van der Waals surface area contributed by atoms with Crippen molar-refractivity contribution < 1.29 is 52.8 Å². The van der Waals surface area contributed by atoms with Crippen LogP contribution in [0, 0.1) is 11.8 Å². The number of aliphatic hydroxyl groups is 1. The molecule has 1 aliphatic carbocycles. The van der Waals surface area contributed by atoms with Crippen molar-refractivity contribution in [3.05, 3.63) is 58.5 Å². The summed E-state index contributed by atoms with van der Waals surface area (Å²) in [5.74, 6) is -2.64. The number of fused-ring (bicyclic) bond motifs is 2. The summed E-state index contributed by atoms with van der Waals surface area (Å²) in [6.45, 7) is 6.81. The number of aliphatic hydroxyl groups excluding tert-OH is 1. The van der Waals surface area contributed by atoms with Gasteiger partial charge >= 0.3 is 13.7 Å². The number of hydrogen-bond acceptors (Lipinski definition) is 10. The Morgan fingerprint density at radius 1 is 1.15 bits per heavy atom. The lowest BCUT2D eigenvalue weighted by atomic mass is 9.85. The first-order chi connectivity index (χ1) is 21.5. The molecule has 2 bridgehead atoms. The van der Waals surface area contributed by atoms with Gasteiger partial charge in [0.1, 0.15) is 6.10 Å². The number of carbonyl (C=O) groups is 4. The maximum atomic E-state index is 13.7. The number of rotatable bonds is 8. The average Bonchev–Trinajstić information content (AvgIpc) is 2.97. The van der Waals surface area contributed by atoms with Crippen molar-refractivity contribution in [2.45, 2.75) is 71.4 Å². The second-order valence-electron chi connectivity index (χ2n) is 11.6. The number of nitrogens with one attached hydrogen (secondary N) is 2.